The molecule has 0 unspecified atom stereocenters. The normalized spacial score (nSPS) is 10.8. The van der Waals surface area contributed by atoms with Gasteiger partial charge in [0.05, 0.1) is 19.7 Å². The molecular formula is C20H21BrN2O3. The Morgan fingerprint density at radius 3 is 2.65 bits per heavy atom. The number of hydrogen-bond donors (Lipinski definition) is 2. The maximum absolute atomic E-state index is 12.4. The summed E-state index contributed by atoms with van der Waals surface area (Å²) < 4.78 is 11.5. The zero-order valence-corrected chi connectivity index (χ0v) is 16.6. The van der Waals surface area contributed by atoms with Gasteiger partial charge in [0.25, 0.3) is 5.91 Å². The number of aromatic amines is 1. The Labute approximate surface area is 160 Å². The first-order valence-electron chi connectivity index (χ1n) is 8.31. The number of H-pyrrole nitrogens is 1. The fraction of sp³-hybridized carbons (Fsp3) is 0.250. The first-order chi connectivity index (χ1) is 12.5. The largest absolute Gasteiger partial charge is 0.493 e. The Bertz CT molecular complexity index is 950. The van der Waals surface area contributed by atoms with Gasteiger partial charge in [0.15, 0.2) is 11.5 Å². The zero-order valence-electron chi connectivity index (χ0n) is 15.0. The van der Waals surface area contributed by atoms with Crippen molar-refractivity contribution in [2.24, 2.45) is 0 Å². The molecule has 0 aliphatic rings. The third-order valence-electron chi connectivity index (χ3n) is 4.41. The molecule has 0 fully saturated rings. The van der Waals surface area contributed by atoms with Crippen LogP contribution in [0.4, 0.5) is 0 Å². The topological polar surface area (TPSA) is 63.3 Å². The van der Waals surface area contributed by atoms with Crippen molar-refractivity contribution in [2.45, 2.75) is 13.3 Å². The van der Waals surface area contributed by atoms with Crippen molar-refractivity contribution in [3.05, 3.63) is 57.7 Å². The molecule has 0 atom stereocenters. The van der Waals surface area contributed by atoms with E-state index in [9.17, 15) is 4.79 Å². The van der Waals surface area contributed by atoms with Crippen LogP contribution in [0.5, 0.6) is 11.5 Å². The van der Waals surface area contributed by atoms with Gasteiger partial charge in [0, 0.05) is 27.7 Å². The number of ether oxygens (including phenoxy) is 2. The smallest absolute Gasteiger partial charge is 0.251 e. The van der Waals surface area contributed by atoms with Crippen molar-refractivity contribution in [1.82, 2.24) is 10.3 Å². The summed E-state index contributed by atoms with van der Waals surface area (Å²) in [5, 5.41) is 4.15. The number of carbonyl (C=O) groups excluding carboxylic acids is 1. The highest BCUT2D eigenvalue weighted by atomic mass is 79.9. The zero-order chi connectivity index (χ0) is 18.7. The Kier molecular flexibility index (Phi) is 5.52. The minimum atomic E-state index is -0.135. The quantitative estimate of drug-likeness (QED) is 0.631. The number of para-hydroxylation sites is 1. The van der Waals surface area contributed by atoms with Crippen LogP contribution in [0.15, 0.2) is 40.9 Å². The standard InChI is InChI=1S/C20H21BrN2O3/c1-12-14(15-5-4-6-16(21)19(15)23-12)9-10-22-20(24)13-7-8-17(25-2)18(11-13)26-3/h4-8,11,23H,9-10H2,1-3H3,(H,22,24). The number of aryl methyl sites for hydroxylation is 1. The fourth-order valence-corrected chi connectivity index (χ4v) is 3.54. The number of fused-ring (bicyclic) bond motifs is 1. The van der Waals surface area contributed by atoms with Crippen LogP contribution in [-0.2, 0) is 6.42 Å². The van der Waals surface area contributed by atoms with Crippen molar-refractivity contribution in [3.63, 3.8) is 0 Å². The molecule has 1 heterocycles. The Morgan fingerprint density at radius 2 is 1.92 bits per heavy atom. The number of rotatable bonds is 6. The van der Waals surface area contributed by atoms with Gasteiger partial charge in [-0.05, 0) is 59.1 Å². The number of carbonyl (C=O) groups is 1. The molecule has 2 N–H and O–H groups in total. The summed E-state index contributed by atoms with van der Waals surface area (Å²) in [5.74, 6) is 1.01. The lowest BCUT2D eigenvalue weighted by Gasteiger charge is -2.10. The molecule has 2 aromatic carbocycles. The minimum absolute atomic E-state index is 0.135. The molecule has 3 rings (SSSR count). The second-order valence-electron chi connectivity index (χ2n) is 5.97. The molecule has 0 bridgehead atoms. The van der Waals surface area contributed by atoms with Crippen LogP contribution in [-0.4, -0.2) is 31.7 Å². The average molecular weight is 417 g/mol. The maximum Gasteiger partial charge on any atom is 0.251 e. The molecule has 0 saturated carbocycles. The van der Waals surface area contributed by atoms with E-state index in [1.54, 1.807) is 32.4 Å². The number of hydrogen-bond acceptors (Lipinski definition) is 3. The molecule has 5 nitrogen and oxygen atoms in total. The molecule has 0 aliphatic carbocycles. The van der Waals surface area contributed by atoms with E-state index in [4.69, 9.17) is 9.47 Å². The van der Waals surface area contributed by atoms with Crippen LogP contribution >= 0.6 is 15.9 Å². The third-order valence-corrected chi connectivity index (χ3v) is 5.07. The molecule has 0 aliphatic heterocycles. The maximum atomic E-state index is 12.4. The van der Waals surface area contributed by atoms with E-state index < -0.39 is 0 Å². The van der Waals surface area contributed by atoms with E-state index in [0.717, 1.165) is 22.1 Å². The summed E-state index contributed by atoms with van der Waals surface area (Å²) in [6.07, 6.45) is 0.751. The monoisotopic (exact) mass is 416 g/mol. The molecule has 1 aromatic heterocycles. The van der Waals surface area contributed by atoms with E-state index in [2.05, 4.69) is 39.2 Å². The van der Waals surface area contributed by atoms with Gasteiger partial charge in [0.2, 0.25) is 0 Å². The summed E-state index contributed by atoms with van der Waals surface area (Å²) in [7, 11) is 3.12. The highest BCUT2D eigenvalue weighted by Crippen LogP contribution is 2.29. The Balaban J connectivity index is 1.70. The van der Waals surface area contributed by atoms with E-state index >= 15 is 0 Å². The fourth-order valence-electron chi connectivity index (χ4n) is 3.07. The lowest BCUT2D eigenvalue weighted by Crippen LogP contribution is -2.25. The van der Waals surface area contributed by atoms with Gasteiger partial charge in [-0.1, -0.05) is 12.1 Å². The SMILES string of the molecule is COc1ccc(C(=O)NCCc2c(C)[nH]c3c(Br)cccc23)cc1OC. The summed E-state index contributed by atoms with van der Waals surface area (Å²) in [5.41, 5.74) is 3.97. The van der Waals surface area contributed by atoms with Gasteiger partial charge in [-0.15, -0.1) is 0 Å². The second-order valence-corrected chi connectivity index (χ2v) is 6.82. The number of aromatic nitrogens is 1. The highest BCUT2D eigenvalue weighted by molar-refractivity contribution is 9.10. The minimum Gasteiger partial charge on any atom is -0.493 e. The molecule has 6 heteroatoms. The Hall–Kier alpha value is -2.47. The van der Waals surface area contributed by atoms with Crippen LogP contribution in [0.25, 0.3) is 10.9 Å². The van der Waals surface area contributed by atoms with Crippen molar-refractivity contribution in [1.29, 1.82) is 0 Å². The molecule has 0 radical (unpaired) electrons. The van der Waals surface area contributed by atoms with Gasteiger partial charge in [-0.3, -0.25) is 4.79 Å². The number of nitrogens with one attached hydrogen (secondary N) is 2. The van der Waals surface area contributed by atoms with Crippen LogP contribution in [0.3, 0.4) is 0 Å². The van der Waals surface area contributed by atoms with Crippen molar-refractivity contribution in [2.75, 3.05) is 20.8 Å². The molecule has 0 spiro atoms. The molecule has 0 saturated heterocycles. The van der Waals surface area contributed by atoms with Gasteiger partial charge < -0.3 is 19.8 Å². The number of methoxy groups -OCH3 is 2. The van der Waals surface area contributed by atoms with Crippen molar-refractivity contribution >= 4 is 32.7 Å². The first kappa shape index (κ1) is 18.3. The van der Waals surface area contributed by atoms with Crippen LogP contribution < -0.4 is 14.8 Å². The summed E-state index contributed by atoms with van der Waals surface area (Å²) in [6, 6.07) is 11.3. The van der Waals surface area contributed by atoms with Crippen LogP contribution in [0.2, 0.25) is 0 Å². The van der Waals surface area contributed by atoms with E-state index in [1.807, 2.05) is 12.1 Å². The predicted molar refractivity (Wildman–Crippen MR) is 106 cm³/mol. The number of halogens is 1. The molecular weight excluding hydrogens is 396 g/mol. The highest BCUT2D eigenvalue weighted by Gasteiger charge is 2.13. The van der Waals surface area contributed by atoms with Gasteiger partial charge in [0.1, 0.15) is 0 Å². The molecule has 136 valence electrons. The lowest BCUT2D eigenvalue weighted by atomic mass is 10.1. The van der Waals surface area contributed by atoms with Crippen LogP contribution in [0, 0.1) is 6.92 Å². The van der Waals surface area contributed by atoms with E-state index in [1.165, 1.54) is 10.9 Å². The number of benzene rings is 2. The first-order valence-corrected chi connectivity index (χ1v) is 9.10. The van der Waals surface area contributed by atoms with Crippen molar-refractivity contribution in [3.8, 4) is 11.5 Å². The summed E-state index contributed by atoms with van der Waals surface area (Å²) in [4.78, 5) is 15.8. The van der Waals surface area contributed by atoms with Crippen LogP contribution in [0.1, 0.15) is 21.6 Å². The number of amides is 1. The second kappa shape index (κ2) is 7.83. The molecule has 1 amide bonds. The van der Waals surface area contributed by atoms with E-state index in [0.29, 0.717) is 23.6 Å². The third kappa shape index (κ3) is 3.55. The van der Waals surface area contributed by atoms with E-state index in [-0.39, 0.29) is 5.91 Å². The van der Waals surface area contributed by atoms with Gasteiger partial charge in [-0.25, -0.2) is 0 Å². The van der Waals surface area contributed by atoms with Crippen molar-refractivity contribution < 1.29 is 14.3 Å². The Morgan fingerprint density at radius 1 is 1.15 bits per heavy atom. The van der Waals surface area contributed by atoms with Gasteiger partial charge >= 0.3 is 0 Å². The average Bonchev–Trinajstić information content (AvgIpc) is 2.98. The molecule has 26 heavy (non-hydrogen) atoms. The summed E-state index contributed by atoms with van der Waals surface area (Å²) >= 11 is 3.57. The summed E-state index contributed by atoms with van der Waals surface area (Å²) in [6.45, 7) is 2.60. The predicted octanol–water partition coefficient (Wildman–Crippen LogP) is 4.23. The van der Waals surface area contributed by atoms with Gasteiger partial charge in [-0.2, -0.15) is 0 Å². The molecule has 3 aromatic rings. The lowest BCUT2D eigenvalue weighted by molar-refractivity contribution is 0.0953.